The summed E-state index contributed by atoms with van der Waals surface area (Å²) in [5, 5.41) is 6.64. The molecule has 0 aromatic heterocycles. The van der Waals surface area contributed by atoms with Gasteiger partial charge in [-0.1, -0.05) is 0 Å². The summed E-state index contributed by atoms with van der Waals surface area (Å²) in [5.74, 6) is 0. The third-order valence-electron chi connectivity index (χ3n) is 3.95. The van der Waals surface area contributed by atoms with Crippen molar-refractivity contribution >= 4 is 15.2 Å². The van der Waals surface area contributed by atoms with Crippen molar-refractivity contribution in [3.05, 3.63) is 0 Å². The van der Waals surface area contributed by atoms with Gasteiger partial charge in [0.25, 0.3) is 5.08 Å². The number of quaternary nitrogens is 1. The standard InChI is InChI=1S/C9H21NO7P2.HI/c1-10(2)6-4-3-5-8(10)7-9(11,18(12,13)14)19(15,16)17;/h8,11H,3-7H2,1-2H3,(H3-,12,13,14,15,16,17);1H. The summed E-state index contributed by atoms with van der Waals surface area (Å²) < 4.78 is 23.0. The monoisotopic (exact) mass is 445 g/mol. The molecule has 1 rings (SSSR count). The van der Waals surface area contributed by atoms with Crippen molar-refractivity contribution < 1.29 is 62.3 Å². The predicted octanol–water partition coefficient (Wildman–Crippen LogP) is -2.99. The predicted molar refractivity (Wildman–Crippen MR) is 68.3 cm³/mol. The molecular weight excluding hydrogens is 423 g/mol. The van der Waals surface area contributed by atoms with Crippen molar-refractivity contribution in [2.45, 2.75) is 36.8 Å². The number of aliphatic hydroxyl groups is 1. The van der Waals surface area contributed by atoms with Crippen LogP contribution in [-0.4, -0.2) is 60.9 Å². The van der Waals surface area contributed by atoms with Crippen molar-refractivity contribution in [1.29, 1.82) is 0 Å². The Hall–Kier alpha value is 0.950. The van der Waals surface area contributed by atoms with Crippen molar-refractivity contribution in [1.82, 2.24) is 0 Å². The van der Waals surface area contributed by atoms with Crippen LogP contribution in [0, 0.1) is 0 Å². The molecule has 1 atom stereocenters. The lowest BCUT2D eigenvalue weighted by Gasteiger charge is -2.44. The second-order valence-corrected chi connectivity index (χ2v) is 9.73. The van der Waals surface area contributed by atoms with Crippen molar-refractivity contribution in [3.63, 3.8) is 0 Å². The largest absolute Gasteiger partial charge is 1.00 e. The van der Waals surface area contributed by atoms with E-state index < -0.39 is 32.7 Å². The van der Waals surface area contributed by atoms with Gasteiger partial charge in [-0.3, -0.25) is 9.13 Å². The van der Waals surface area contributed by atoms with Gasteiger partial charge in [0.05, 0.1) is 33.1 Å². The molecule has 0 spiro atoms. The van der Waals surface area contributed by atoms with E-state index in [1.165, 1.54) is 0 Å². The summed E-state index contributed by atoms with van der Waals surface area (Å²) in [6.45, 7) is 0.739. The molecule has 1 unspecified atom stereocenters. The molecule has 11 heteroatoms. The Labute approximate surface area is 135 Å². The van der Waals surface area contributed by atoms with E-state index in [1.54, 1.807) is 0 Å². The van der Waals surface area contributed by atoms with Crippen LogP contribution in [0.15, 0.2) is 0 Å². The van der Waals surface area contributed by atoms with Crippen molar-refractivity contribution in [3.8, 4) is 0 Å². The minimum absolute atomic E-state index is 0. The number of likely N-dealkylation sites (tertiary alicyclic amines) is 1. The normalized spacial score (nSPS) is 24.1. The summed E-state index contributed by atoms with van der Waals surface area (Å²) in [5.41, 5.74) is 0. The zero-order valence-corrected chi connectivity index (χ0v) is 15.3. The van der Waals surface area contributed by atoms with Crippen molar-refractivity contribution in [2.24, 2.45) is 0 Å². The van der Waals surface area contributed by atoms with Gasteiger partial charge in [0, 0.05) is 0 Å². The number of hydrogen-bond donors (Lipinski definition) is 5. The summed E-state index contributed by atoms with van der Waals surface area (Å²) in [4.78, 5) is 36.5. The molecule has 8 nitrogen and oxygen atoms in total. The lowest BCUT2D eigenvalue weighted by atomic mass is 9.97. The second kappa shape index (κ2) is 6.60. The van der Waals surface area contributed by atoms with Gasteiger partial charge in [-0.15, -0.1) is 0 Å². The smallest absolute Gasteiger partial charge is 0.369 e. The average Bonchev–Trinajstić information content (AvgIpc) is 2.17. The van der Waals surface area contributed by atoms with Crippen LogP contribution in [0.2, 0.25) is 0 Å². The minimum Gasteiger partial charge on any atom is -1.00 e. The molecular formula is C9H22INO7P2. The summed E-state index contributed by atoms with van der Waals surface area (Å²) in [6, 6.07) is -0.404. The Morgan fingerprint density at radius 1 is 1.10 bits per heavy atom. The molecule has 1 saturated heterocycles. The summed E-state index contributed by atoms with van der Waals surface area (Å²) in [6.07, 6.45) is 1.70. The SMILES string of the molecule is C[N+]1(C)CCCCC1CC(O)(P(=O)(O)O)P(=O)(O)O.[I-]. The van der Waals surface area contributed by atoms with Gasteiger partial charge in [-0.05, 0) is 19.3 Å². The highest BCUT2D eigenvalue weighted by Gasteiger charge is 2.61. The molecule has 0 amide bonds. The maximum atomic E-state index is 11.3. The maximum Gasteiger partial charge on any atom is 0.369 e. The Morgan fingerprint density at radius 3 is 1.90 bits per heavy atom. The van der Waals surface area contributed by atoms with E-state index in [1.807, 2.05) is 14.1 Å². The van der Waals surface area contributed by atoms with Gasteiger partial charge >= 0.3 is 15.2 Å². The highest BCUT2D eigenvalue weighted by atomic mass is 127. The first-order valence-electron chi connectivity index (χ1n) is 5.97. The Morgan fingerprint density at radius 2 is 1.55 bits per heavy atom. The van der Waals surface area contributed by atoms with Gasteiger partial charge in [-0.2, -0.15) is 0 Å². The van der Waals surface area contributed by atoms with Gasteiger partial charge < -0.3 is 53.1 Å². The first-order valence-corrected chi connectivity index (χ1v) is 9.20. The Kier molecular flexibility index (Phi) is 6.91. The van der Waals surface area contributed by atoms with Crippen LogP contribution in [0.4, 0.5) is 0 Å². The lowest BCUT2D eigenvalue weighted by Crippen LogP contribution is -3.00. The Balaban J connectivity index is 0.00000361. The van der Waals surface area contributed by atoms with Gasteiger partial charge in [-0.25, -0.2) is 0 Å². The van der Waals surface area contributed by atoms with E-state index in [0.29, 0.717) is 10.9 Å². The van der Waals surface area contributed by atoms with Crippen LogP contribution >= 0.6 is 15.2 Å². The van der Waals surface area contributed by atoms with E-state index in [4.69, 9.17) is 19.6 Å². The lowest BCUT2D eigenvalue weighted by molar-refractivity contribution is -0.920. The number of rotatable bonds is 4. The van der Waals surface area contributed by atoms with E-state index >= 15 is 0 Å². The van der Waals surface area contributed by atoms with Crippen LogP contribution in [0.1, 0.15) is 25.7 Å². The zero-order valence-electron chi connectivity index (χ0n) is 11.4. The molecule has 122 valence electrons. The molecule has 1 aliphatic rings. The van der Waals surface area contributed by atoms with Gasteiger partial charge in [0.15, 0.2) is 0 Å². The highest BCUT2D eigenvalue weighted by molar-refractivity contribution is 7.72. The van der Waals surface area contributed by atoms with Crippen LogP contribution in [0.5, 0.6) is 0 Å². The zero-order chi connectivity index (χ0) is 15.1. The minimum atomic E-state index is -5.35. The van der Waals surface area contributed by atoms with E-state index in [9.17, 15) is 14.2 Å². The fourth-order valence-electron chi connectivity index (χ4n) is 2.50. The molecule has 0 aliphatic carbocycles. The third kappa shape index (κ3) is 4.24. The average molecular weight is 445 g/mol. The molecule has 1 fully saturated rings. The fourth-order valence-corrected chi connectivity index (χ4v) is 4.76. The fraction of sp³-hybridized carbons (Fsp3) is 1.00. The van der Waals surface area contributed by atoms with E-state index in [0.717, 1.165) is 19.4 Å². The van der Waals surface area contributed by atoms with Crippen LogP contribution < -0.4 is 24.0 Å². The molecule has 1 aliphatic heterocycles. The molecule has 0 aromatic rings. The van der Waals surface area contributed by atoms with Crippen LogP contribution in [0.3, 0.4) is 0 Å². The molecule has 0 bridgehead atoms. The number of hydrogen-bond acceptors (Lipinski definition) is 3. The molecule has 5 N–H and O–H groups in total. The molecule has 0 aromatic carbocycles. The molecule has 1 heterocycles. The summed E-state index contributed by atoms with van der Waals surface area (Å²) >= 11 is 0. The number of piperidine rings is 1. The summed E-state index contributed by atoms with van der Waals surface area (Å²) in [7, 11) is -7.05. The maximum absolute atomic E-state index is 11.3. The van der Waals surface area contributed by atoms with Crippen LogP contribution in [0.25, 0.3) is 0 Å². The second-order valence-electron chi connectivity index (χ2n) is 5.72. The first-order chi connectivity index (χ1) is 8.31. The highest BCUT2D eigenvalue weighted by Crippen LogP contribution is 2.69. The van der Waals surface area contributed by atoms with Crippen molar-refractivity contribution in [2.75, 3.05) is 20.6 Å². The van der Waals surface area contributed by atoms with Gasteiger partial charge in [0.1, 0.15) is 0 Å². The molecule has 20 heavy (non-hydrogen) atoms. The molecule has 0 saturated carbocycles. The first kappa shape index (κ1) is 20.9. The Bertz CT molecular complexity index is 410. The molecule has 0 radical (unpaired) electrons. The quantitative estimate of drug-likeness (QED) is 0.177. The number of nitrogens with zero attached hydrogens (tertiary/aromatic N) is 1. The third-order valence-corrected chi connectivity index (χ3v) is 7.75. The van der Waals surface area contributed by atoms with Crippen LogP contribution in [-0.2, 0) is 9.13 Å². The topological polar surface area (TPSA) is 135 Å². The van der Waals surface area contributed by atoms with Gasteiger partial charge in [0.2, 0.25) is 0 Å². The number of halogens is 1. The van der Waals surface area contributed by atoms with E-state index in [2.05, 4.69) is 0 Å². The van der Waals surface area contributed by atoms with E-state index in [-0.39, 0.29) is 24.0 Å².